The first-order chi connectivity index (χ1) is 9.26. The first-order valence-electron chi connectivity index (χ1n) is 7.20. The van der Waals surface area contributed by atoms with Crippen LogP contribution in [-0.2, 0) is 9.53 Å². The van der Waals surface area contributed by atoms with Crippen molar-refractivity contribution in [3.63, 3.8) is 0 Å². The van der Waals surface area contributed by atoms with Crippen molar-refractivity contribution in [3.05, 3.63) is 23.8 Å². The van der Waals surface area contributed by atoms with Gasteiger partial charge in [0.2, 0.25) is 0 Å². The molecule has 19 heavy (non-hydrogen) atoms. The Bertz CT molecular complexity index is 337. The predicted octanol–water partition coefficient (Wildman–Crippen LogP) is 4.31. The Morgan fingerprint density at radius 1 is 1.16 bits per heavy atom. The molecule has 0 aliphatic heterocycles. The minimum absolute atomic E-state index is 0.0565. The summed E-state index contributed by atoms with van der Waals surface area (Å²) in [6, 6.07) is 1.85. The zero-order valence-electron chi connectivity index (χ0n) is 12.2. The topological polar surface area (TPSA) is 50.1 Å². The number of nitrogens with zero attached hydrogens (tertiary/aromatic N) is 1. The normalized spacial score (nSPS) is 11.5. The van der Waals surface area contributed by atoms with E-state index in [0.29, 0.717) is 6.61 Å². The van der Waals surface area contributed by atoms with Gasteiger partial charge in [0.05, 0.1) is 6.61 Å². The van der Waals surface area contributed by atoms with Gasteiger partial charge in [0.1, 0.15) is 11.6 Å². The average molecular weight is 263 g/mol. The molecule has 0 aromatic heterocycles. The summed E-state index contributed by atoms with van der Waals surface area (Å²) in [6.07, 6.45) is 13.9. The van der Waals surface area contributed by atoms with Gasteiger partial charge in [0.25, 0.3) is 0 Å². The van der Waals surface area contributed by atoms with E-state index >= 15 is 0 Å². The molecule has 3 nitrogen and oxygen atoms in total. The van der Waals surface area contributed by atoms with Crippen LogP contribution < -0.4 is 0 Å². The van der Waals surface area contributed by atoms with Crippen LogP contribution in [0.2, 0.25) is 0 Å². The number of esters is 1. The van der Waals surface area contributed by atoms with Crippen LogP contribution in [0.3, 0.4) is 0 Å². The highest BCUT2D eigenvalue weighted by Gasteiger charge is 2.07. The molecular weight excluding hydrogens is 238 g/mol. The summed E-state index contributed by atoms with van der Waals surface area (Å²) in [5, 5.41) is 8.79. The first-order valence-corrected chi connectivity index (χ1v) is 7.20. The number of nitriles is 1. The molecule has 0 saturated carbocycles. The summed E-state index contributed by atoms with van der Waals surface area (Å²) in [6.45, 7) is 4.23. The summed E-state index contributed by atoms with van der Waals surface area (Å²) >= 11 is 0. The third kappa shape index (κ3) is 10.1. The van der Waals surface area contributed by atoms with Crippen LogP contribution in [0.1, 0.15) is 58.8 Å². The van der Waals surface area contributed by atoms with E-state index in [9.17, 15) is 4.79 Å². The van der Waals surface area contributed by atoms with E-state index in [4.69, 9.17) is 10.00 Å². The summed E-state index contributed by atoms with van der Waals surface area (Å²) in [4.78, 5) is 11.3. The van der Waals surface area contributed by atoms with E-state index in [1.54, 1.807) is 13.0 Å². The zero-order chi connectivity index (χ0) is 14.3. The van der Waals surface area contributed by atoms with Gasteiger partial charge in [0.15, 0.2) is 0 Å². The summed E-state index contributed by atoms with van der Waals surface area (Å²) in [7, 11) is 0. The van der Waals surface area contributed by atoms with Gasteiger partial charge in [-0.25, -0.2) is 4.79 Å². The van der Waals surface area contributed by atoms with Gasteiger partial charge in [-0.15, -0.1) is 0 Å². The largest absolute Gasteiger partial charge is 0.462 e. The summed E-state index contributed by atoms with van der Waals surface area (Å²) < 4.78 is 4.76. The molecule has 0 heterocycles. The lowest BCUT2D eigenvalue weighted by Crippen LogP contribution is -2.05. The van der Waals surface area contributed by atoms with Crippen LogP contribution >= 0.6 is 0 Å². The molecule has 3 heteroatoms. The van der Waals surface area contributed by atoms with Gasteiger partial charge in [0, 0.05) is 0 Å². The minimum atomic E-state index is -0.547. The van der Waals surface area contributed by atoms with Crippen LogP contribution in [0.25, 0.3) is 0 Å². The molecular formula is C16H25NO2. The Balaban J connectivity index is 3.81. The van der Waals surface area contributed by atoms with E-state index < -0.39 is 5.97 Å². The van der Waals surface area contributed by atoms with Crippen molar-refractivity contribution >= 4 is 5.97 Å². The first kappa shape index (κ1) is 17.4. The maximum absolute atomic E-state index is 11.3. The Hall–Kier alpha value is -1.56. The van der Waals surface area contributed by atoms with Gasteiger partial charge >= 0.3 is 5.97 Å². The van der Waals surface area contributed by atoms with Crippen molar-refractivity contribution in [1.29, 1.82) is 5.26 Å². The molecule has 0 aliphatic carbocycles. The predicted molar refractivity (Wildman–Crippen MR) is 77.5 cm³/mol. The van der Waals surface area contributed by atoms with E-state index in [0.717, 1.165) is 12.8 Å². The fourth-order valence-corrected chi connectivity index (χ4v) is 1.66. The Morgan fingerprint density at radius 3 is 2.47 bits per heavy atom. The molecule has 0 rings (SSSR count). The lowest BCUT2D eigenvalue weighted by atomic mass is 10.1. The van der Waals surface area contributed by atoms with Gasteiger partial charge in [-0.3, -0.25) is 0 Å². The second-order valence-electron chi connectivity index (χ2n) is 4.40. The maximum atomic E-state index is 11.3. The fourth-order valence-electron chi connectivity index (χ4n) is 1.66. The SMILES string of the molecule is CCCCCCCC/C=C/C=C(\C#N)C(=O)OCC. The van der Waals surface area contributed by atoms with Crippen LogP contribution in [0.4, 0.5) is 0 Å². The fraction of sp³-hybridized carbons (Fsp3) is 0.625. The van der Waals surface area contributed by atoms with E-state index in [1.165, 1.54) is 38.2 Å². The van der Waals surface area contributed by atoms with Crippen molar-refractivity contribution in [1.82, 2.24) is 0 Å². The molecule has 0 atom stereocenters. The lowest BCUT2D eigenvalue weighted by Gasteiger charge is -1.98. The molecule has 0 bridgehead atoms. The monoisotopic (exact) mass is 263 g/mol. The lowest BCUT2D eigenvalue weighted by molar-refractivity contribution is -0.138. The number of carbonyl (C=O) groups is 1. The van der Waals surface area contributed by atoms with Gasteiger partial charge in [-0.05, 0) is 25.8 Å². The van der Waals surface area contributed by atoms with Crippen LogP contribution in [-0.4, -0.2) is 12.6 Å². The number of allylic oxidation sites excluding steroid dienone is 3. The van der Waals surface area contributed by atoms with Crippen molar-refractivity contribution in [2.45, 2.75) is 58.8 Å². The third-order valence-corrected chi connectivity index (χ3v) is 2.74. The Kier molecular flexibility index (Phi) is 11.8. The number of ether oxygens (including phenoxy) is 1. The Morgan fingerprint density at radius 2 is 1.84 bits per heavy atom. The van der Waals surface area contributed by atoms with Gasteiger partial charge in [-0.2, -0.15) is 5.26 Å². The molecule has 0 unspecified atom stereocenters. The summed E-state index contributed by atoms with van der Waals surface area (Å²) in [5.41, 5.74) is 0.0565. The third-order valence-electron chi connectivity index (χ3n) is 2.74. The van der Waals surface area contributed by atoms with E-state index in [2.05, 4.69) is 6.92 Å². The van der Waals surface area contributed by atoms with Gasteiger partial charge < -0.3 is 4.74 Å². The second-order valence-corrected chi connectivity index (χ2v) is 4.40. The molecule has 0 aromatic rings. The number of rotatable bonds is 10. The Labute approximate surface area is 117 Å². The van der Waals surface area contributed by atoms with E-state index in [-0.39, 0.29) is 5.57 Å². The van der Waals surface area contributed by atoms with Crippen LogP contribution in [0.15, 0.2) is 23.8 Å². The number of unbranched alkanes of at least 4 members (excludes halogenated alkanes) is 6. The van der Waals surface area contributed by atoms with Gasteiger partial charge in [-0.1, -0.05) is 51.2 Å². The standard InChI is InChI=1S/C16H25NO2/c1-3-5-6-7-8-9-10-11-12-13-15(14-17)16(18)19-4-2/h11-13H,3-10H2,1-2H3/b12-11+,15-13+. The van der Waals surface area contributed by atoms with Crippen molar-refractivity contribution in [3.8, 4) is 6.07 Å². The van der Waals surface area contributed by atoms with E-state index in [1.807, 2.05) is 12.1 Å². The molecule has 0 amide bonds. The zero-order valence-corrected chi connectivity index (χ0v) is 12.2. The molecule has 0 N–H and O–H groups in total. The number of hydrogen-bond donors (Lipinski definition) is 0. The number of carbonyl (C=O) groups excluding carboxylic acids is 1. The van der Waals surface area contributed by atoms with Crippen LogP contribution in [0, 0.1) is 11.3 Å². The van der Waals surface area contributed by atoms with Crippen molar-refractivity contribution < 1.29 is 9.53 Å². The molecule has 0 spiro atoms. The highest BCUT2D eigenvalue weighted by atomic mass is 16.5. The second kappa shape index (κ2) is 12.9. The van der Waals surface area contributed by atoms with Crippen LogP contribution in [0.5, 0.6) is 0 Å². The highest BCUT2D eigenvalue weighted by Crippen LogP contribution is 2.07. The summed E-state index contributed by atoms with van der Waals surface area (Å²) in [5.74, 6) is -0.547. The average Bonchev–Trinajstić information content (AvgIpc) is 2.41. The molecule has 0 aromatic carbocycles. The molecule has 0 radical (unpaired) electrons. The highest BCUT2D eigenvalue weighted by molar-refractivity contribution is 5.93. The maximum Gasteiger partial charge on any atom is 0.348 e. The molecule has 0 saturated heterocycles. The smallest absolute Gasteiger partial charge is 0.348 e. The minimum Gasteiger partial charge on any atom is -0.462 e. The number of hydrogen-bond acceptors (Lipinski definition) is 3. The van der Waals surface area contributed by atoms with Crippen molar-refractivity contribution in [2.75, 3.05) is 6.61 Å². The molecule has 0 aliphatic rings. The molecule has 0 fully saturated rings. The quantitative estimate of drug-likeness (QED) is 0.194. The molecule has 106 valence electrons. The van der Waals surface area contributed by atoms with Crippen molar-refractivity contribution in [2.24, 2.45) is 0 Å².